The Bertz CT molecular complexity index is 1060. The summed E-state index contributed by atoms with van der Waals surface area (Å²) in [6.45, 7) is 0. The third kappa shape index (κ3) is 3.40. The highest BCUT2D eigenvalue weighted by atomic mass is 19.4. The fourth-order valence-electron chi connectivity index (χ4n) is 3.07. The average molecular weight is 384 g/mol. The van der Waals surface area contributed by atoms with E-state index in [1.165, 1.54) is 29.1 Å². The zero-order valence-electron chi connectivity index (χ0n) is 14.5. The lowest BCUT2D eigenvalue weighted by Crippen LogP contribution is -2.27. The number of para-hydroxylation sites is 1. The molecule has 1 aliphatic heterocycles. The Kier molecular flexibility index (Phi) is 4.46. The van der Waals surface area contributed by atoms with Crippen molar-refractivity contribution in [2.75, 3.05) is 5.01 Å². The summed E-state index contributed by atoms with van der Waals surface area (Å²) in [6, 6.07) is 15.0. The molecule has 1 aromatic heterocycles. The van der Waals surface area contributed by atoms with Crippen molar-refractivity contribution in [3.8, 4) is 5.69 Å². The molecule has 0 spiro atoms. The summed E-state index contributed by atoms with van der Waals surface area (Å²) in [5.74, 6) is 0. The molecule has 28 heavy (non-hydrogen) atoms. The summed E-state index contributed by atoms with van der Waals surface area (Å²) in [7, 11) is 0. The van der Waals surface area contributed by atoms with Crippen LogP contribution in [0.15, 0.2) is 76.8 Å². The quantitative estimate of drug-likeness (QED) is 0.681. The molecular formula is C20H15F3N4O. The number of halogens is 3. The highest BCUT2D eigenvalue weighted by Crippen LogP contribution is 2.31. The van der Waals surface area contributed by atoms with Crippen LogP contribution < -0.4 is 10.4 Å². The first-order valence-electron chi connectivity index (χ1n) is 8.58. The number of alkyl halides is 3. The Labute approximate surface area is 158 Å². The second kappa shape index (κ2) is 6.95. The average Bonchev–Trinajstić information content (AvgIpc) is 3.18. The van der Waals surface area contributed by atoms with E-state index in [9.17, 15) is 18.0 Å². The molecule has 0 aliphatic carbocycles. The molecule has 1 atom stereocenters. The number of benzene rings is 2. The van der Waals surface area contributed by atoms with Gasteiger partial charge < -0.3 is 0 Å². The first-order chi connectivity index (χ1) is 13.4. The van der Waals surface area contributed by atoms with Gasteiger partial charge >= 0.3 is 6.18 Å². The van der Waals surface area contributed by atoms with E-state index in [1.54, 1.807) is 11.2 Å². The van der Waals surface area contributed by atoms with Crippen molar-refractivity contribution in [1.29, 1.82) is 0 Å². The lowest BCUT2D eigenvalue weighted by molar-refractivity contribution is -0.137. The van der Waals surface area contributed by atoms with Gasteiger partial charge in [-0.15, -0.1) is 0 Å². The maximum absolute atomic E-state index is 12.8. The summed E-state index contributed by atoms with van der Waals surface area (Å²) >= 11 is 0. The molecule has 8 heteroatoms. The van der Waals surface area contributed by atoms with Gasteiger partial charge in [0.15, 0.2) is 0 Å². The van der Waals surface area contributed by atoms with E-state index in [4.69, 9.17) is 0 Å². The predicted molar refractivity (Wildman–Crippen MR) is 99.6 cm³/mol. The zero-order chi connectivity index (χ0) is 19.7. The van der Waals surface area contributed by atoms with E-state index in [0.29, 0.717) is 12.1 Å². The molecule has 142 valence electrons. The van der Waals surface area contributed by atoms with Crippen molar-refractivity contribution in [1.82, 2.24) is 9.78 Å². The maximum Gasteiger partial charge on any atom is 0.416 e. The fourth-order valence-corrected chi connectivity index (χ4v) is 3.07. The van der Waals surface area contributed by atoms with E-state index < -0.39 is 11.7 Å². The van der Waals surface area contributed by atoms with Gasteiger partial charge in [-0.2, -0.15) is 23.4 Å². The van der Waals surface area contributed by atoms with Crippen LogP contribution >= 0.6 is 0 Å². The van der Waals surface area contributed by atoms with Gasteiger partial charge in [-0.25, -0.2) is 4.68 Å². The molecule has 2 heterocycles. The Morgan fingerprint density at radius 1 is 0.929 bits per heavy atom. The Morgan fingerprint density at radius 3 is 2.32 bits per heavy atom. The summed E-state index contributed by atoms with van der Waals surface area (Å²) < 4.78 is 39.7. The van der Waals surface area contributed by atoms with Crippen molar-refractivity contribution in [3.05, 3.63) is 88.3 Å². The van der Waals surface area contributed by atoms with Crippen molar-refractivity contribution in [2.24, 2.45) is 5.10 Å². The second-order valence-electron chi connectivity index (χ2n) is 6.28. The van der Waals surface area contributed by atoms with Crippen LogP contribution in [0.4, 0.5) is 18.9 Å². The molecule has 4 rings (SSSR count). The zero-order valence-corrected chi connectivity index (χ0v) is 14.5. The molecule has 0 N–H and O–H groups in total. The van der Waals surface area contributed by atoms with E-state index in [1.807, 2.05) is 30.3 Å². The summed E-state index contributed by atoms with van der Waals surface area (Å²) in [5.41, 5.74) is 0.548. The summed E-state index contributed by atoms with van der Waals surface area (Å²) in [5, 5.41) is 10.5. The second-order valence-corrected chi connectivity index (χ2v) is 6.28. The van der Waals surface area contributed by atoms with Crippen molar-refractivity contribution in [2.45, 2.75) is 18.6 Å². The lowest BCUT2D eigenvalue weighted by atomic mass is 10.1. The van der Waals surface area contributed by atoms with Crippen LogP contribution in [0.25, 0.3) is 5.69 Å². The third-order valence-corrected chi connectivity index (χ3v) is 4.46. The van der Waals surface area contributed by atoms with Crippen molar-refractivity contribution < 1.29 is 13.2 Å². The molecule has 0 saturated carbocycles. The number of hydrazone groups is 1. The van der Waals surface area contributed by atoms with Gasteiger partial charge in [-0.05, 0) is 36.4 Å². The van der Waals surface area contributed by atoms with Crippen LogP contribution in [0, 0.1) is 0 Å². The normalized spacial score (nSPS) is 16.5. The van der Waals surface area contributed by atoms with Crippen molar-refractivity contribution >= 4 is 11.9 Å². The first-order valence-corrected chi connectivity index (χ1v) is 8.58. The summed E-state index contributed by atoms with van der Waals surface area (Å²) in [6.07, 6.45) is -0.739. The fraction of sp³-hybridized carbons (Fsp3) is 0.150. The molecule has 0 radical (unpaired) electrons. The van der Waals surface area contributed by atoms with Crippen LogP contribution in [0.2, 0.25) is 0 Å². The highest BCUT2D eigenvalue weighted by Gasteiger charge is 2.30. The third-order valence-electron chi connectivity index (χ3n) is 4.46. The topological polar surface area (TPSA) is 50.5 Å². The molecule has 0 amide bonds. The lowest BCUT2D eigenvalue weighted by Gasteiger charge is -2.23. The molecule has 2 aromatic carbocycles. The monoisotopic (exact) mass is 384 g/mol. The standard InChI is InChI=1S/C20H15F3N4O/c21-20(22,23)14-6-8-15(9-7-14)26-13-11-18(28)19(25-26)17-10-12-24-27(17)16-4-2-1-3-5-16/h1-9,11-13,17H,10H2. The van der Waals surface area contributed by atoms with E-state index in [2.05, 4.69) is 10.2 Å². The molecule has 0 saturated heterocycles. The molecule has 1 aliphatic rings. The highest BCUT2D eigenvalue weighted by molar-refractivity contribution is 5.67. The Morgan fingerprint density at radius 2 is 1.64 bits per heavy atom. The minimum Gasteiger partial charge on any atom is -0.288 e. The Balaban J connectivity index is 1.69. The van der Waals surface area contributed by atoms with Gasteiger partial charge in [0, 0.05) is 24.9 Å². The number of rotatable bonds is 3. The van der Waals surface area contributed by atoms with Crippen LogP contribution in [-0.2, 0) is 6.18 Å². The smallest absolute Gasteiger partial charge is 0.288 e. The van der Waals surface area contributed by atoms with Crippen LogP contribution in [0.3, 0.4) is 0 Å². The van der Waals surface area contributed by atoms with Gasteiger partial charge in [-0.3, -0.25) is 9.80 Å². The molecule has 0 bridgehead atoms. The van der Waals surface area contributed by atoms with E-state index >= 15 is 0 Å². The van der Waals surface area contributed by atoms with Gasteiger partial charge in [0.1, 0.15) is 11.7 Å². The largest absolute Gasteiger partial charge is 0.416 e. The van der Waals surface area contributed by atoms with Crippen LogP contribution in [0.5, 0.6) is 0 Å². The Hall–Kier alpha value is -3.42. The number of anilines is 1. The molecule has 3 aromatic rings. The molecular weight excluding hydrogens is 369 g/mol. The van der Waals surface area contributed by atoms with Gasteiger partial charge in [0.25, 0.3) is 0 Å². The predicted octanol–water partition coefficient (Wildman–Crippen LogP) is 4.19. The SMILES string of the molecule is O=c1ccn(-c2ccc(C(F)(F)F)cc2)nc1C1CC=NN1c1ccccc1. The summed E-state index contributed by atoms with van der Waals surface area (Å²) in [4.78, 5) is 12.4. The van der Waals surface area contributed by atoms with Gasteiger partial charge in [0.2, 0.25) is 5.43 Å². The van der Waals surface area contributed by atoms with Gasteiger partial charge in [0.05, 0.1) is 16.9 Å². The first kappa shape index (κ1) is 18.0. The minimum absolute atomic E-state index is 0.250. The van der Waals surface area contributed by atoms with Gasteiger partial charge in [-0.1, -0.05) is 18.2 Å². The minimum atomic E-state index is -4.40. The maximum atomic E-state index is 12.8. The van der Waals surface area contributed by atoms with Crippen LogP contribution in [0.1, 0.15) is 23.7 Å². The number of aromatic nitrogens is 2. The van der Waals surface area contributed by atoms with Crippen molar-refractivity contribution in [3.63, 3.8) is 0 Å². The van der Waals surface area contributed by atoms with Crippen LogP contribution in [-0.4, -0.2) is 16.0 Å². The van der Waals surface area contributed by atoms with E-state index in [0.717, 1.165) is 17.8 Å². The van der Waals surface area contributed by atoms with E-state index in [-0.39, 0.29) is 17.2 Å². The molecule has 1 unspecified atom stereocenters. The number of hydrogen-bond donors (Lipinski definition) is 0. The molecule has 5 nitrogen and oxygen atoms in total. The number of hydrogen-bond acceptors (Lipinski definition) is 4. The number of nitrogens with zero attached hydrogens (tertiary/aromatic N) is 4. The molecule has 0 fully saturated rings.